The summed E-state index contributed by atoms with van der Waals surface area (Å²) in [6.45, 7) is 3.90. The van der Waals surface area contributed by atoms with E-state index >= 15 is 0 Å². The Morgan fingerprint density at radius 1 is 1.07 bits per heavy atom. The monoisotopic (exact) mass is 370 g/mol. The molecular weight excluding hydrogens is 340 g/mol. The van der Waals surface area contributed by atoms with Crippen LogP contribution in [-0.4, -0.2) is 58.5 Å². The maximum Gasteiger partial charge on any atom is 0.226 e. The van der Waals surface area contributed by atoms with Crippen LogP contribution in [0.4, 0.5) is 0 Å². The first-order valence-electron chi connectivity index (χ1n) is 10.4. The van der Waals surface area contributed by atoms with Crippen molar-refractivity contribution in [2.75, 3.05) is 19.6 Å². The summed E-state index contributed by atoms with van der Waals surface area (Å²) in [7, 11) is 0. The Morgan fingerprint density at radius 2 is 2.00 bits per heavy atom. The molecule has 146 valence electrons. The average molecular weight is 371 g/mol. The minimum absolute atomic E-state index is 0.170. The van der Waals surface area contributed by atoms with Crippen molar-refractivity contribution in [3.63, 3.8) is 0 Å². The van der Waals surface area contributed by atoms with Crippen LogP contribution in [-0.2, 0) is 11.3 Å². The third kappa shape index (κ3) is 3.61. The number of carbonyl (C=O) groups is 1. The molecule has 0 radical (unpaired) electrons. The molecule has 1 amide bonds. The van der Waals surface area contributed by atoms with E-state index < -0.39 is 0 Å². The SMILES string of the molecule is O=C(C1CCC2NNNC2C1)N1C[C@H]2CC[C@@H]1CN(Cc1ccccn1)C2. The summed E-state index contributed by atoms with van der Waals surface area (Å²) in [5.41, 5.74) is 10.7. The zero-order valence-electron chi connectivity index (χ0n) is 15.8. The summed E-state index contributed by atoms with van der Waals surface area (Å²) in [5.74, 6) is 1.17. The van der Waals surface area contributed by atoms with Gasteiger partial charge in [-0.05, 0) is 50.2 Å². The van der Waals surface area contributed by atoms with E-state index in [1.165, 1.54) is 6.42 Å². The van der Waals surface area contributed by atoms with E-state index in [-0.39, 0.29) is 5.92 Å². The first kappa shape index (κ1) is 17.6. The van der Waals surface area contributed by atoms with Crippen LogP contribution in [0.2, 0.25) is 0 Å². The van der Waals surface area contributed by atoms with Gasteiger partial charge in [-0.1, -0.05) is 6.07 Å². The van der Waals surface area contributed by atoms with Gasteiger partial charge in [-0.25, -0.2) is 10.9 Å². The fourth-order valence-electron chi connectivity index (χ4n) is 5.49. The average Bonchev–Trinajstić information content (AvgIpc) is 3.00. The summed E-state index contributed by atoms with van der Waals surface area (Å²) in [5, 5.41) is 0. The molecule has 3 unspecified atom stereocenters. The van der Waals surface area contributed by atoms with E-state index in [9.17, 15) is 4.79 Å². The molecule has 1 aliphatic carbocycles. The highest BCUT2D eigenvalue weighted by Crippen LogP contribution is 2.33. The molecule has 4 aliphatic heterocycles. The molecule has 0 aromatic carbocycles. The smallest absolute Gasteiger partial charge is 0.226 e. The second kappa shape index (κ2) is 7.47. The van der Waals surface area contributed by atoms with Gasteiger partial charge in [-0.2, -0.15) is 5.53 Å². The molecule has 5 heterocycles. The standard InChI is InChI=1S/C20H30N6O/c27-20(15-5-7-18-19(9-15)23-24-22-18)26-11-14-4-6-17(26)13-25(10-14)12-16-3-1-2-8-21-16/h1-3,8,14-15,17-19,22-24H,4-7,9-13H2/t14-,15?,17+,18?,19?/m0/s1. The van der Waals surface area contributed by atoms with Crippen LogP contribution in [0.5, 0.6) is 0 Å². The van der Waals surface area contributed by atoms with Crippen molar-refractivity contribution in [1.82, 2.24) is 31.2 Å². The van der Waals surface area contributed by atoms with Crippen LogP contribution >= 0.6 is 0 Å². The summed E-state index contributed by atoms with van der Waals surface area (Å²) in [6, 6.07) is 7.33. The number of hydrogen-bond donors (Lipinski definition) is 3. The van der Waals surface area contributed by atoms with Crippen LogP contribution in [0.3, 0.4) is 0 Å². The minimum Gasteiger partial charge on any atom is -0.338 e. The van der Waals surface area contributed by atoms with Gasteiger partial charge in [0.05, 0.1) is 5.69 Å². The second-order valence-corrected chi connectivity index (χ2v) is 8.74. The molecule has 5 fully saturated rings. The first-order valence-corrected chi connectivity index (χ1v) is 10.4. The molecule has 1 aromatic rings. The quantitative estimate of drug-likeness (QED) is 0.726. The predicted molar refractivity (Wildman–Crippen MR) is 102 cm³/mol. The van der Waals surface area contributed by atoms with Gasteiger partial charge in [-0.3, -0.25) is 14.7 Å². The highest BCUT2D eigenvalue weighted by atomic mass is 16.2. The molecule has 5 atom stereocenters. The Morgan fingerprint density at radius 3 is 2.89 bits per heavy atom. The van der Waals surface area contributed by atoms with Crippen molar-refractivity contribution in [3.05, 3.63) is 30.1 Å². The molecule has 2 bridgehead atoms. The number of pyridine rings is 1. The maximum absolute atomic E-state index is 13.4. The van der Waals surface area contributed by atoms with Crippen molar-refractivity contribution in [1.29, 1.82) is 0 Å². The Kier molecular flexibility index (Phi) is 4.85. The van der Waals surface area contributed by atoms with Crippen molar-refractivity contribution >= 4 is 5.91 Å². The second-order valence-electron chi connectivity index (χ2n) is 8.74. The van der Waals surface area contributed by atoms with Crippen molar-refractivity contribution in [3.8, 4) is 0 Å². The number of nitrogens with zero attached hydrogens (tertiary/aromatic N) is 3. The van der Waals surface area contributed by atoms with Gasteiger partial charge in [0.25, 0.3) is 0 Å². The minimum atomic E-state index is 0.170. The number of aromatic nitrogens is 1. The molecule has 5 aliphatic rings. The van der Waals surface area contributed by atoms with E-state index in [2.05, 4.69) is 43.3 Å². The van der Waals surface area contributed by atoms with Gasteiger partial charge in [0.2, 0.25) is 5.91 Å². The van der Waals surface area contributed by atoms with Crippen LogP contribution in [0.15, 0.2) is 24.4 Å². The van der Waals surface area contributed by atoms with Crippen LogP contribution in [0.1, 0.15) is 37.8 Å². The van der Waals surface area contributed by atoms with Crippen LogP contribution in [0.25, 0.3) is 0 Å². The summed E-state index contributed by atoms with van der Waals surface area (Å²) < 4.78 is 0. The number of fused-ring (bicyclic) bond motifs is 5. The van der Waals surface area contributed by atoms with Crippen LogP contribution < -0.4 is 16.4 Å². The molecule has 3 N–H and O–H groups in total. The lowest BCUT2D eigenvalue weighted by atomic mass is 9.81. The summed E-state index contributed by atoms with van der Waals surface area (Å²) in [4.78, 5) is 22.6. The zero-order chi connectivity index (χ0) is 18.2. The number of carbonyl (C=O) groups excluding carboxylic acids is 1. The van der Waals surface area contributed by atoms with Gasteiger partial charge in [0.15, 0.2) is 0 Å². The molecule has 1 aromatic heterocycles. The predicted octanol–water partition coefficient (Wildman–Crippen LogP) is 0.654. The number of nitrogens with one attached hydrogen (secondary N) is 3. The molecule has 6 rings (SSSR count). The lowest BCUT2D eigenvalue weighted by Gasteiger charge is -2.40. The van der Waals surface area contributed by atoms with E-state index in [0.717, 1.165) is 57.6 Å². The van der Waals surface area contributed by atoms with Gasteiger partial charge in [0, 0.05) is 56.4 Å². The molecule has 1 saturated carbocycles. The Labute approximate surface area is 160 Å². The fourth-order valence-corrected chi connectivity index (χ4v) is 5.49. The number of hydrazine groups is 2. The third-order valence-electron chi connectivity index (χ3n) is 6.90. The van der Waals surface area contributed by atoms with E-state index in [4.69, 9.17) is 0 Å². The highest BCUT2D eigenvalue weighted by molar-refractivity contribution is 5.79. The zero-order valence-corrected chi connectivity index (χ0v) is 15.8. The Bertz CT molecular complexity index is 670. The highest BCUT2D eigenvalue weighted by Gasteiger charge is 2.42. The van der Waals surface area contributed by atoms with E-state index in [0.29, 0.717) is 30.0 Å². The third-order valence-corrected chi connectivity index (χ3v) is 6.90. The van der Waals surface area contributed by atoms with E-state index in [1.54, 1.807) is 0 Å². The van der Waals surface area contributed by atoms with Gasteiger partial charge < -0.3 is 4.90 Å². The van der Waals surface area contributed by atoms with Crippen LogP contribution in [0, 0.1) is 11.8 Å². The first-order chi connectivity index (χ1) is 13.3. The number of rotatable bonds is 3. The number of piperidine rings is 1. The summed E-state index contributed by atoms with van der Waals surface area (Å²) in [6.07, 6.45) is 7.27. The van der Waals surface area contributed by atoms with Crippen molar-refractivity contribution in [2.45, 2.75) is 56.8 Å². The van der Waals surface area contributed by atoms with Crippen molar-refractivity contribution < 1.29 is 4.79 Å². The Hall–Kier alpha value is -1.54. The molecule has 4 saturated heterocycles. The van der Waals surface area contributed by atoms with Gasteiger partial charge in [0.1, 0.15) is 0 Å². The molecule has 7 heteroatoms. The van der Waals surface area contributed by atoms with Gasteiger partial charge >= 0.3 is 0 Å². The number of amides is 1. The summed E-state index contributed by atoms with van der Waals surface area (Å²) >= 11 is 0. The fraction of sp³-hybridized carbons (Fsp3) is 0.700. The van der Waals surface area contributed by atoms with E-state index in [1.807, 2.05) is 12.3 Å². The maximum atomic E-state index is 13.4. The lowest BCUT2D eigenvalue weighted by Crippen LogP contribution is -2.52. The molecular formula is C20H30N6O. The van der Waals surface area contributed by atoms with Crippen molar-refractivity contribution in [2.24, 2.45) is 11.8 Å². The van der Waals surface area contributed by atoms with Gasteiger partial charge in [-0.15, -0.1) is 0 Å². The molecule has 0 spiro atoms. The molecule has 27 heavy (non-hydrogen) atoms. The Balaban J connectivity index is 1.25. The number of hydrogen-bond acceptors (Lipinski definition) is 6. The molecule has 7 nitrogen and oxygen atoms in total. The lowest BCUT2D eigenvalue weighted by molar-refractivity contribution is -0.141. The largest absolute Gasteiger partial charge is 0.338 e. The topological polar surface area (TPSA) is 72.5 Å². The normalized spacial score (nSPS) is 36.4.